The van der Waals surface area contributed by atoms with Crippen molar-refractivity contribution < 1.29 is 4.79 Å². The Morgan fingerprint density at radius 3 is 2.12 bits per heavy atom. The van der Waals surface area contributed by atoms with Crippen molar-refractivity contribution in [1.29, 1.82) is 0 Å². The number of rotatable bonds is 1. The smallest absolute Gasteiger partial charge is 0.226 e. The summed E-state index contributed by atoms with van der Waals surface area (Å²) in [5, 5.41) is 0.196. The van der Waals surface area contributed by atoms with E-state index in [4.69, 9.17) is 11.6 Å². The fraction of sp³-hybridized carbons (Fsp3) is 0.625. The zero-order chi connectivity index (χ0) is 19.1. The van der Waals surface area contributed by atoms with Gasteiger partial charge in [-0.1, -0.05) is 27.7 Å². The number of aromatic nitrogens is 4. The summed E-state index contributed by atoms with van der Waals surface area (Å²) in [5.41, 5.74) is 1.40. The highest BCUT2D eigenvalue weighted by Crippen LogP contribution is 2.27. The summed E-state index contributed by atoms with van der Waals surface area (Å²) < 4.78 is 2.50. The van der Waals surface area contributed by atoms with Crippen LogP contribution in [-0.2, 0) is 11.8 Å². The third kappa shape index (κ3) is 4.82. The molecule has 3 rings (SSSR count). The largest absolute Gasteiger partial charge is 0.351 e. The van der Waals surface area contributed by atoms with E-state index < -0.39 is 0 Å². The van der Waals surface area contributed by atoms with Gasteiger partial charge in [0.25, 0.3) is 0 Å². The van der Waals surface area contributed by atoms with E-state index in [0.29, 0.717) is 42.1 Å². The normalized spacial score (nSPS) is 13.8. The first kappa shape index (κ1) is 21.6. The summed E-state index contributed by atoms with van der Waals surface area (Å²) in [6.45, 7) is 12.3. The van der Waals surface area contributed by atoms with Gasteiger partial charge in [0, 0.05) is 40.2 Å². The number of fused-ring (bicyclic) bond motifs is 1. The van der Waals surface area contributed by atoms with Crippen LogP contribution < -0.4 is 4.90 Å². The van der Waals surface area contributed by atoms with Gasteiger partial charge in [0.1, 0.15) is 0 Å². The highest BCUT2D eigenvalue weighted by atomic mass is 79.9. The average Bonchev–Trinajstić information content (AvgIpc) is 2.92. The summed E-state index contributed by atoms with van der Waals surface area (Å²) in [7, 11) is 1.86. The second-order valence-corrected chi connectivity index (χ2v) is 5.97. The molecule has 0 saturated carbocycles. The monoisotopic (exact) mass is 432 g/mol. The molecule has 0 bridgehead atoms. The standard InChI is InChI=1S/C12H14BrClN6O.2C2H6/c1-7(21)19-3-5-20(6-4-19)10-8-9(16-12(14)17-10)18(2)11(13)15-8;2*1-2/h3-6H2,1-2H3;2*1-2H3. The summed E-state index contributed by atoms with van der Waals surface area (Å²) in [6.07, 6.45) is 0. The second kappa shape index (κ2) is 9.91. The third-order valence-electron chi connectivity index (χ3n) is 3.64. The Balaban J connectivity index is 0.000000730. The SMILES string of the molecule is CC.CC.CC(=O)N1CCN(c2nc(Cl)nc3c2nc(Br)n3C)CC1. The first-order chi connectivity index (χ1) is 12.0. The lowest BCUT2D eigenvalue weighted by Crippen LogP contribution is -2.48. The van der Waals surface area contributed by atoms with E-state index in [0.717, 1.165) is 5.82 Å². The molecule has 3 heterocycles. The molecule has 1 amide bonds. The van der Waals surface area contributed by atoms with Gasteiger partial charge in [-0.25, -0.2) is 4.98 Å². The van der Waals surface area contributed by atoms with Gasteiger partial charge in [-0.2, -0.15) is 9.97 Å². The molecule has 0 aliphatic carbocycles. The maximum atomic E-state index is 11.4. The van der Waals surface area contributed by atoms with Crippen LogP contribution in [0.25, 0.3) is 11.2 Å². The molecule has 0 aromatic carbocycles. The minimum absolute atomic E-state index is 0.0982. The van der Waals surface area contributed by atoms with Crippen LogP contribution in [0.2, 0.25) is 5.28 Å². The number of carbonyl (C=O) groups is 1. The molecule has 0 unspecified atom stereocenters. The lowest BCUT2D eigenvalue weighted by atomic mass is 10.3. The molecule has 0 N–H and O–H groups in total. The Kier molecular flexibility index (Phi) is 8.58. The number of halogens is 2. The summed E-state index contributed by atoms with van der Waals surface area (Å²) in [5.74, 6) is 0.815. The van der Waals surface area contributed by atoms with E-state index in [2.05, 4.69) is 35.8 Å². The highest BCUT2D eigenvalue weighted by molar-refractivity contribution is 9.10. The van der Waals surface area contributed by atoms with E-state index in [1.165, 1.54) is 0 Å². The molecule has 25 heavy (non-hydrogen) atoms. The van der Waals surface area contributed by atoms with Gasteiger partial charge in [-0.05, 0) is 27.5 Å². The predicted molar refractivity (Wildman–Crippen MR) is 106 cm³/mol. The van der Waals surface area contributed by atoms with Crippen molar-refractivity contribution in [3.05, 3.63) is 10.0 Å². The van der Waals surface area contributed by atoms with Crippen LogP contribution in [0.3, 0.4) is 0 Å². The Hall–Kier alpha value is -1.41. The molecule has 2 aromatic rings. The second-order valence-electron chi connectivity index (χ2n) is 4.92. The highest BCUT2D eigenvalue weighted by Gasteiger charge is 2.24. The van der Waals surface area contributed by atoms with Gasteiger partial charge in [0.2, 0.25) is 11.2 Å². The fourth-order valence-corrected chi connectivity index (χ4v) is 2.95. The van der Waals surface area contributed by atoms with Crippen LogP contribution in [0.15, 0.2) is 4.73 Å². The van der Waals surface area contributed by atoms with E-state index in [1.807, 2.05) is 44.2 Å². The first-order valence-electron chi connectivity index (χ1n) is 8.53. The van der Waals surface area contributed by atoms with Crippen LogP contribution in [0.5, 0.6) is 0 Å². The lowest BCUT2D eigenvalue weighted by Gasteiger charge is -2.34. The molecule has 7 nitrogen and oxygen atoms in total. The van der Waals surface area contributed by atoms with Crippen molar-refractivity contribution in [2.45, 2.75) is 34.6 Å². The predicted octanol–water partition coefficient (Wildman–Crippen LogP) is 3.50. The number of aryl methyl sites for hydroxylation is 1. The number of hydrogen-bond donors (Lipinski definition) is 0. The van der Waals surface area contributed by atoms with Crippen molar-refractivity contribution in [1.82, 2.24) is 24.4 Å². The van der Waals surface area contributed by atoms with Crippen LogP contribution in [-0.4, -0.2) is 56.5 Å². The first-order valence-corrected chi connectivity index (χ1v) is 9.70. The van der Waals surface area contributed by atoms with E-state index in [1.54, 1.807) is 6.92 Å². The van der Waals surface area contributed by atoms with E-state index in [-0.39, 0.29) is 11.2 Å². The van der Waals surface area contributed by atoms with Crippen molar-refractivity contribution in [2.75, 3.05) is 31.1 Å². The molecule has 9 heteroatoms. The molecule has 2 aromatic heterocycles. The number of anilines is 1. The average molecular weight is 434 g/mol. The molecular formula is C16H26BrClN6O. The number of nitrogens with zero attached hydrogens (tertiary/aromatic N) is 6. The summed E-state index contributed by atoms with van der Waals surface area (Å²) in [6, 6.07) is 0. The number of imidazole rings is 1. The minimum Gasteiger partial charge on any atom is -0.351 e. The van der Waals surface area contributed by atoms with E-state index in [9.17, 15) is 4.79 Å². The van der Waals surface area contributed by atoms with Crippen LogP contribution in [0.1, 0.15) is 34.6 Å². The quantitative estimate of drug-likeness (QED) is 0.508. The molecule has 0 radical (unpaired) electrons. The maximum absolute atomic E-state index is 11.4. The van der Waals surface area contributed by atoms with Crippen LogP contribution >= 0.6 is 27.5 Å². The van der Waals surface area contributed by atoms with Gasteiger partial charge < -0.3 is 14.4 Å². The number of amides is 1. The molecule has 140 valence electrons. The van der Waals surface area contributed by atoms with Crippen molar-refractivity contribution >= 4 is 50.4 Å². The zero-order valence-electron chi connectivity index (χ0n) is 15.7. The summed E-state index contributed by atoms with van der Waals surface area (Å²) in [4.78, 5) is 28.3. The minimum atomic E-state index is 0.0982. The molecule has 1 fully saturated rings. The molecule has 1 saturated heterocycles. The molecular weight excluding hydrogens is 408 g/mol. The van der Waals surface area contributed by atoms with Gasteiger partial charge in [0.05, 0.1) is 0 Å². The number of piperazine rings is 1. The molecule has 0 atom stereocenters. The lowest BCUT2D eigenvalue weighted by molar-refractivity contribution is -0.129. The Morgan fingerprint density at radius 1 is 1.04 bits per heavy atom. The van der Waals surface area contributed by atoms with Gasteiger partial charge in [-0.3, -0.25) is 4.79 Å². The van der Waals surface area contributed by atoms with Crippen molar-refractivity contribution in [3.8, 4) is 0 Å². The van der Waals surface area contributed by atoms with Gasteiger partial charge >= 0.3 is 0 Å². The molecule has 1 aliphatic rings. The van der Waals surface area contributed by atoms with Crippen molar-refractivity contribution in [3.63, 3.8) is 0 Å². The van der Waals surface area contributed by atoms with Crippen LogP contribution in [0, 0.1) is 0 Å². The Morgan fingerprint density at radius 2 is 1.60 bits per heavy atom. The third-order valence-corrected chi connectivity index (χ3v) is 4.52. The van der Waals surface area contributed by atoms with Crippen LogP contribution in [0.4, 0.5) is 5.82 Å². The summed E-state index contributed by atoms with van der Waals surface area (Å²) >= 11 is 9.42. The zero-order valence-corrected chi connectivity index (χ0v) is 18.0. The van der Waals surface area contributed by atoms with Gasteiger partial charge in [0.15, 0.2) is 21.7 Å². The van der Waals surface area contributed by atoms with E-state index >= 15 is 0 Å². The number of hydrogen-bond acceptors (Lipinski definition) is 5. The van der Waals surface area contributed by atoms with Crippen molar-refractivity contribution in [2.24, 2.45) is 7.05 Å². The molecule has 0 spiro atoms. The molecule has 1 aliphatic heterocycles. The maximum Gasteiger partial charge on any atom is 0.226 e. The topological polar surface area (TPSA) is 67.2 Å². The number of carbonyl (C=O) groups excluding carboxylic acids is 1. The Bertz CT molecular complexity index is 712. The fourth-order valence-electron chi connectivity index (χ4n) is 2.45. The Labute approximate surface area is 162 Å². The van der Waals surface area contributed by atoms with Gasteiger partial charge in [-0.15, -0.1) is 0 Å².